The Balaban J connectivity index is 2.25. The van der Waals surface area contributed by atoms with Crippen molar-refractivity contribution in [1.82, 2.24) is 0 Å². The summed E-state index contributed by atoms with van der Waals surface area (Å²) >= 11 is 11.4. The normalized spacial score (nSPS) is 10.8. The number of carbonyl (C=O) groups excluding carboxylic acids is 1. The number of halogens is 2. The molecule has 0 aliphatic rings. The van der Waals surface area contributed by atoms with Crippen molar-refractivity contribution >= 4 is 39.4 Å². The summed E-state index contributed by atoms with van der Waals surface area (Å²) in [6.45, 7) is 0. The van der Waals surface area contributed by atoms with E-state index in [2.05, 4.69) is 0 Å². The van der Waals surface area contributed by atoms with Crippen LogP contribution in [0.4, 0.5) is 0 Å². The first-order chi connectivity index (χ1) is 10.1. The summed E-state index contributed by atoms with van der Waals surface area (Å²) < 4.78 is 5.27. The number of para-hydroxylation sites is 1. The molecule has 3 rings (SSSR count). The van der Waals surface area contributed by atoms with Gasteiger partial charge in [-0.3, -0.25) is 4.79 Å². The average molecular weight is 319 g/mol. The van der Waals surface area contributed by atoms with E-state index in [0.717, 1.165) is 5.39 Å². The van der Waals surface area contributed by atoms with Gasteiger partial charge in [0.1, 0.15) is 5.58 Å². The SMILES string of the molecule is O=C(Cl)c1cc(-c2cc3ccccc3oc2=O)ccc1Cl. The molecule has 104 valence electrons. The Labute approximate surface area is 129 Å². The third-order valence-electron chi connectivity index (χ3n) is 3.13. The van der Waals surface area contributed by atoms with Gasteiger partial charge in [-0.1, -0.05) is 35.9 Å². The van der Waals surface area contributed by atoms with E-state index in [1.807, 2.05) is 12.1 Å². The standard InChI is InChI=1S/C16H8Cl2O3/c17-13-6-5-9(7-12(13)15(18)19)11-8-10-3-1-2-4-14(10)21-16(11)20/h1-8H. The van der Waals surface area contributed by atoms with Crippen LogP contribution < -0.4 is 5.63 Å². The first-order valence-corrected chi connectivity index (χ1v) is 6.84. The molecule has 21 heavy (non-hydrogen) atoms. The van der Waals surface area contributed by atoms with Gasteiger partial charge in [-0.2, -0.15) is 0 Å². The average Bonchev–Trinajstić information content (AvgIpc) is 2.47. The van der Waals surface area contributed by atoms with Gasteiger partial charge in [-0.15, -0.1) is 0 Å². The Kier molecular flexibility index (Phi) is 3.53. The summed E-state index contributed by atoms with van der Waals surface area (Å²) in [6.07, 6.45) is 0. The second kappa shape index (κ2) is 5.35. The number of rotatable bonds is 2. The van der Waals surface area contributed by atoms with E-state index in [0.29, 0.717) is 16.7 Å². The number of benzene rings is 2. The quantitative estimate of drug-likeness (QED) is 0.516. The van der Waals surface area contributed by atoms with Gasteiger partial charge in [0.25, 0.3) is 5.24 Å². The van der Waals surface area contributed by atoms with E-state index in [1.54, 1.807) is 24.3 Å². The Bertz CT molecular complexity index is 913. The predicted octanol–water partition coefficient (Wildman–Crippen LogP) is 4.49. The highest BCUT2D eigenvalue weighted by Crippen LogP contribution is 2.26. The van der Waals surface area contributed by atoms with E-state index in [9.17, 15) is 9.59 Å². The predicted molar refractivity (Wildman–Crippen MR) is 83.1 cm³/mol. The summed E-state index contributed by atoms with van der Waals surface area (Å²) in [5.74, 6) is 0. The zero-order valence-corrected chi connectivity index (χ0v) is 12.1. The Morgan fingerprint density at radius 3 is 2.57 bits per heavy atom. The summed E-state index contributed by atoms with van der Waals surface area (Å²) in [6, 6.07) is 13.6. The summed E-state index contributed by atoms with van der Waals surface area (Å²) in [5, 5.41) is 0.358. The molecule has 0 bridgehead atoms. The fourth-order valence-electron chi connectivity index (χ4n) is 2.11. The smallest absolute Gasteiger partial charge is 0.344 e. The van der Waals surface area contributed by atoms with Gasteiger partial charge in [-0.25, -0.2) is 4.79 Å². The van der Waals surface area contributed by atoms with Crippen LogP contribution in [-0.4, -0.2) is 5.24 Å². The summed E-state index contributed by atoms with van der Waals surface area (Å²) in [4.78, 5) is 23.4. The lowest BCUT2D eigenvalue weighted by Gasteiger charge is -2.05. The maximum Gasteiger partial charge on any atom is 0.344 e. The molecule has 0 aliphatic carbocycles. The van der Waals surface area contributed by atoms with E-state index in [1.165, 1.54) is 12.1 Å². The number of hydrogen-bond acceptors (Lipinski definition) is 3. The highest BCUT2D eigenvalue weighted by Gasteiger charge is 2.13. The largest absolute Gasteiger partial charge is 0.422 e. The maximum absolute atomic E-state index is 12.1. The molecule has 0 spiro atoms. The Hall–Kier alpha value is -2.10. The molecule has 0 fully saturated rings. The minimum Gasteiger partial charge on any atom is -0.422 e. The van der Waals surface area contributed by atoms with Gasteiger partial charge >= 0.3 is 5.63 Å². The van der Waals surface area contributed by atoms with Crippen LogP contribution >= 0.6 is 23.2 Å². The van der Waals surface area contributed by atoms with E-state index in [-0.39, 0.29) is 10.6 Å². The van der Waals surface area contributed by atoms with Crippen LogP contribution in [0.5, 0.6) is 0 Å². The molecule has 1 heterocycles. The molecule has 0 amide bonds. The number of fused-ring (bicyclic) bond motifs is 1. The lowest BCUT2D eigenvalue weighted by molar-refractivity contribution is 0.108. The third kappa shape index (κ3) is 2.58. The van der Waals surface area contributed by atoms with Gasteiger partial charge in [0.2, 0.25) is 0 Å². The van der Waals surface area contributed by atoms with Crippen molar-refractivity contribution in [1.29, 1.82) is 0 Å². The van der Waals surface area contributed by atoms with Crippen LogP contribution in [0.1, 0.15) is 10.4 Å². The first kappa shape index (κ1) is 13.9. The van der Waals surface area contributed by atoms with E-state index in [4.69, 9.17) is 27.6 Å². The van der Waals surface area contributed by atoms with Crippen molar-refractivity contribution in [2.24, 2.45) is 0 Å². The van der Waals surface area contributed by atoms with Crippen molar-refractivity contribution < 1.29 is 9.21 Å². The van der Waals surface area contributed by atoms with Gasteiger partial charge < -0.3 is 4.42 Å². The molecule has 0 radical (unpaired) electrons. The number of hydrogen-bond donors (Lipinski definition) is 0. The molecule has 3 nitrogen and oxygen atoms in total. The highest BCUT2D eigenvalue weighted by atomic mass is 35.5. The van der Waals surface area contributed by atoms with Crippen LogP contribution in [0, 0.1) is 0 Å². The molecule has 0 unspecified atom stereocenters. The summed E-state index contributed by atoms with van der Waals surface area (Å²) in [7, 11) is 0. The van der Waals surface area contributed by atoms with Crippen LogP contribution in [0.3, 0.4) is 0 Å². The van der Waals surface area contributed by atoms with Gasteiger partial charge in [0, 0.05) is 5.39 Å². The molecule has 3 aromatic rings. The fourth-order valence-corrected chi connectivity index (χ4v) is 2.51. The van der Waals surface area contributed by atoms with Crippen molar-refractivity contribution in [3.05, 3.63) is 69.5 Å². The van der Waals surface area contributed by atoms with E-state index < -0.39 is 10.9 Å². The highest BCUT2D eigenvalue weighted by molar-refractivity contribution is 6.68. The van der Waals surface area contributed by atoms with Crippen LogP contribution in [0.15, 0.2) is 57.7 Å². The molecule has 0 aliphatic heterocycles. The fraction of sp³-hybridized carbons (Fsp3) is 0. The second-order valence-electron chi connectivity index (χ2n) is 4.45. The Morgan fingerprint density at radius 2 is 1.81 bits per heavy atom. The lowest BCUT2D eigenvalue weighted by Crippen LogP contribution is -2.03. The van der Waals surface area contributed by atoms with Crippen molar-refractivity contribution in [2.75, 3.05) is 0 Å². The molecule has 0 atom stereocenters. The molecular formula is C16H8Cl2O3. The van der Waals surface area contributed by atoms with Crippen molar-refractivity contribution in [2.45, 2.75) is 0 Å². The monoisotopic (exact) mass is 318 g/mol. The van der Waals surface area contributed by atoms with Gasteiger partial charge in [-0.05, 0) is 41.4 Å². The minimum absolute atomic E-state index is 0.156. The zero-order valence-electron chi connectivity index (χ0n) is 10.6. The molecule has 0 saturated carbocycles. The molecule has 2 aromatic carbocycles. The molecule has 1 aromatic heterocycles. The molecule has 5 heteroatoms. The van der Waals surface area contributed by atoms with Crippen LogP contribution in [-0.2, 0) is 0 Å². The second-order valence-corrected chi connectivity index (χ2v) is 5.20. The first-order valence-electron chi connectivity index (χ1n) is 6.09. The minimum atomic E-state index is -0.674. The topological polar surface area (TPSA) is 47.3 Å². The van der Waals surface area contributed by atoms with Crippen LogP contribution in [0.2, 0.25) is 5.02 Å². The number of carbonyl (C=O) groups is 1. The molecule has 0 saturated heterocycles. The zero-order chi connectivity index (χ0) is 15.0. The van der Waals surface area contributed by atoms with Crippen molar-refractivity contribution in [3.63, 3.8) is 0 Å². The summed E-state index contributed by atoms with van der Waals surface area (Å²) in [5.41, 5.74) is 1.06. The van der Waals surface area contributed by atoms with Crippen molar-refractivity contribution in [3.8, 4) is 11.1 Å². The van der Waals surface area contributed by atoms with Gasteiger partial charge in [0.05, 0.1) is 16.1 Å². The lowest BCUT2D eigenvalue weighted by atomic mass is 10.0. The van der Waals surface area contributed by atoms with E-state index >= 15 is 0 Å². The van der Waals surface area contributed by atoms with Gasteiger partial charge in [0.15, 0.2) is 0 Å². The maximum atomic E-state index is 12.1. The molecule has 0 N–H and O–H groups in total. The Morgan fingerprint density at radius 1 is 1.05 bits per heavy atom. The third-order valence-corrected chi connectivity index (χ3v) is 3.66. The molecular weight excluding hydrogens is 311 g/mol. The van der Waals surface area contributed by atoms with Crippen LogP contribution in [0.25, 0.3) is 22.1 Å².